The van der Waals surface area contributed by atoms with Gasteiger partial charge < -0.3 is 9.47 Å². The Bertz CT molecular complexity index is 578. The van der Waals surface area contributed by atoms with Gasteiger partial charge in [0.25, 0.3) is 0 Å². The van der Waals surface area contributed by atoms with Crippen molar-refractivity contribution in [3.8, 4) is 0 Å². The normalized spacial score (nSPS) is 19.2. The van der Waals surface area contributed by atoms with Gasteiger partial charge in [0.2, 0.25) is 5.91 Å². The zero-order chi connectivity index (χ0) is 13.9. The second-order valence-corrected chi connectivity index (χ2v) is 6.24. The molecule has 3 rings (SSSR count). The molecule has 5 nitrogen and oxygen atoms in total. The average molecular weight is 290 g/mol. The van der Waals surface area contributed by atoms with Crippen molar-refractivity contribution in [3.63, 3.8) is 0 Å². The number of aromatic nitrogens is 3. The summed E-state index contributed by atoms with van der Waals surface area (Å²) in [6, 6.07) is 0.354. The minimum Gasteiger partial charge on any atom is -0.340 e. The van der Waals surface area contributed by atoms with Gasteiger partial charge in [-0.1, -0.05) is 0 Å². The maximum atomic E-state index is 12.4. The molecular formula is C14H18N4OS. The molecule has 1 atom stereocenters. The first-order valence-electron chi connectivity index (χ1n) is 6.88. The number of carbonyl (C=O) groups is 1. The van der Waals surface area contributed by atoms with Crippen LogP contribution < -0.4 is 0 Å². The predicted molar refractivity (Wildman–Crippen MR) is 77.6 cm³/mol. The molecule has 1 fully saturated rings. The van der Waals surface area contributed by atoms with Crippen LogP contribution in [-0.2, 0) is 11.2 Å². The van der Waals surface area contributed by atoms with E-state index in [-0.39, 0.29) is 5.91 Å². The van der Waals surface area contributed by atoms with Crippen LogP contribution in [0, 0.1) is 6.92 Å². The lowest BCUT2D eigenvalue weighted by Crippen LogP contribution is -2.41. The van der Waals surface area contributed by atoms with Gasteiger partial charge in [0.05, 0.1) is 29.5 Å². The van der Waals surface area contributed by atoms with E-state index in [1.807, 2.05) is 29.7 Å². The van der Waals surface area contributed by atoms with Gasteiger partial charge in [0.15, 0.2) is 0 Å². The number of rotatable bonds is 3. The van der Waals surface area contributed by atoms with E-state index in [2.05, 4.69) is 14.5 Å². The van der Waals surface area contributed by atoms with Crippen molar-refractivity contribution in [1.82, 2.24) is 19.4 Å². The summed E-state index contributed by atoms with van der Waals surface area (Å²) < 4.78 is 2.10. The van der Waals surface area contributed by atoms with Crippen LogP contribution in [0.15, 0.2) is 24.1 Å². The maximum Gasteiger partial charge on any atom is 0.228 e. The Kier molecular flexibility index (Phi) is 3.82. The molecular weight excluding hydrogens is 272 g/mol. The SMILES string of the molecule is Cc1nc(CC(=O)N2CCCC(n3ccnc3)C2)cs1. The largest absolute Gasteiger partial charge is 0.340 e. The fourth-order valence-corrected chi connectivity index (χ4v) is 3.28. The number of carbonyl (C=O) groups excluding carboxylic acids is 1. The Labute approximate surface area is 122 Å². The third-order valence-corrected chi connectivity index (χ3v) is 4.52. The molecule has 1 unspecified atom stereocenters. The second-order valence-electron chi connectivity index (χ2n) is 5.18. The lowest BCUT2D eigenvalue weighted by Gasteiger charge is -2.33. The van der Waals surface area contributed by atoms with E-state index in [0.29, 0.717) is 12.5 Å². The summed E-state index contributed by atoms with van der Waals surface area (Å²) in [5.74, 6) is 0.181. The molecule has 0 aromatic carbocycles. The minimum absolute atomic E-state index is 0.181. The summed E-state index contributed by atoms with van der Waals surface area (Å²) in [6.45, 7) is 3.60. The number of imidazole rings is 1. The van der Waals surface area contributed by atoms with Crippen molar-refractivity contribution in [2.75, 3.05) is 13.1 Å². The van der Waals surface area contributed by atoms with Crippen molar-refractivity contribution >= 4 is 17.2 Å². The summed E-state index contributed by atoms with van der Waals surface area (Å²) in [7, 11) is 0. The van der Waals surface area contributed by atoms with E-state index < -0.39 is 0 Å². The summed E-state index contributed by atoms with van der Waals surface area (Å²) in [5.41, 5.74) is 0.891. The summed E-state index contributed by atoms with van der Waals surface area (Å²) in [5, 5.41) is 2.99. The van der Waals surface area contributed by atoms with E-state index in [1.54, 1.807) is 17.5 Å². The molecule has 0 radical (unpaired) electrons. The van der Waals surface area contributed by atoms with Crippen LogP contribution in [0.4, 0.5) is 0 Å². The molecule has 1 amide bonds. The highest BCUT2D eigenvalue weighted by Gasteiger charge is 2.24. The first kappa shape index (κ1) is 13.3. The molecule has 106 valence electrons. The maximum absolute atomic E-state index is 12.4. The third-order valence-electron chi connectivity index (χ3n) is 3.69. The monoisotopic (exact) mass is 290 g/mol. The first-order chi connectivity index (χ1) is 9.72. The number of hydrogen-bond acceptors (Lipinski definition) is 4. The van der Waals surface area contributed by atoms with Gasteiger partial charge in [-0.15, -0.1) is 11.3 Å². The van der Waals surface area contributed by atoms with Crippen LogP contribution in [-0.4, -0.2) is 38.4 Å². The van der Waals surface area contributed by atoms with Crippen molar-refractivity contribution < 1.29 is 4.79 Å². The standard InChI is InChI=1S/C14H18N4OS/c1-11-16-12(9-20-11)7-14(19)17-5-2-3-13(8-17)18-6-4-15-10-18/h4,6,9-10,13H,2-3,5,7-8H2,1H3. The highest BCUT2D eigenvalue weighted by Crippen LogP contribution is 2.22. The zero-order valence-corrected chi connectivity index (χ0v) is 12.3. The number of piperidine rings is 1. The molecule has 1 aliphatic heterocycles. The van der Waals surface area contributed by atoms with Crippen LogP contribution in [0.3, 0.4) is 0 Å². The second kappa shape index (κ2) is 5.75. The number of thiazole rings is 1. The quantitative estimate of drug-likeness (QED) is 0.869. The highest BCUT2D eigenvalue weighted by atomic mass is 32.1. The Morgan fingerprint density at radius 1 is 1.55 bits per heavy atom. The van der Waals surface area contributed by atoms with E-state index in [1.165, 1.54) is 0 Å². The van der Waals surface area contributed by atoms with Gasteiger partial charge in [-0.3, -0.25) is 4.79 Å². The summed E-state index contributed by atoms with van der Waals surface area (Å²) >= 11 is 1.60. The van der Waals surface area contributed by atoms with Crippen LogP contribution in [0.2, 0.25) is 0 Å². The van der Waals surface area contributed by atoms with E-state index in [0.717, 1.165) is 36.6 Å². The molecule has 6 heteroatoms. The molecule has 2 aromatic heterocycles. The van der Waals surface area contributed by atoms with Gasteiger partial charge in [-0.05, 0) is 19.8 Å². The Balaban J connectivity index is 1.63. The molecule has 3 heterocycles. The first-order valence-corrected chi connectivity index (χ1v) is 7.76. The number of likely N-dealkylation sites (tertiary alicyclic amines) is 1. The van der Waals surface area contributed by atoms with Crippen LogP contribution in [0.5, 0.6) is 0 Å². The summed E-state index contributed by atoms with van der Waals surface area (Å²) in [4.78, 5) is 22.8. The fourth-order valence-electron chi connectivity index (χ4n) is 2.67. The van der Waals surface area contributed by atoms with E-state index in [9.17, 15) is 4.79 Å². The van der Waals surface area contributed by atoms with Crippen LogP contribution >= 0.6 is 11.3 Å². The Hall–Kier alpha value is -1.69. The van der Waals surface area contributed by atoms with E-state index in [4.69, 9.17) is 0 Å². The highest BCUT2D eigenvalue weighted by molar-refractivity contribution is 7.09. The topological polar surface area (TPSA) is 51.0 Å². The predicted octanol–water partition coefficient (Wildman–Crippen LogP) is 2.05. The van der Waals surface area contributed by atoms with Crippen molar-refractivity contribution in [1.29, 1.82) is 0 Å². The molecule has 20 heavy (non-hydrogen) atoms. The lowest BCUT2D eigenvalue weighted by atomic mass is 10.1. The van der Waals surface area contributed by atoms with Gasteiger partial charge >= 0.3 is 0 Å². The van der Waals surface area contributed by atoms with E-state index >= 15 is 0 Å². The molecule has 1 saturated heterocycles. The number of aryl methyl sites for hydroxylation is 1. The fraction of sp³-hybridized carbons (Fsp3) is 0.500. The molecule has 0 bridgehead atoms. The molecule has 0 aliphatic carbocycles. The van der Waals surface area contributed by atoms with Crippen molar-refractivity contribution in [2.45, 2.75) is 32.2 Å². The number of hydrogen-bond donors (Lipinski definition) is 0. The number of amides is 1. The van der Waals surface area contributed by atoms with Crippen LogP contribution in [0.25, 0.3) is 0 Å². The number of nitrogens with zero attached hydrogens (tertiary/aromatic N) is 4. The van der Waals surface area contributed by atoms with Gasteiger partial charge in [-0.25, -0.2) is 9.97 Å². The molecule has 0 N–H and O–H groups in total. The lowest BCUT2D eigenvalue weighted by molar-refractivity contribution is -0.132. The van der Waals surface area contributed by atoms with Crippen molar-refractivity contribution in [2.24, 2.45) is 0 Å². The third kappa shape index (κ3) is 2.90. The Morgan fingerprint density at radius 2 is 2.45 bits per heavy atom. The zero-order valence-electron chi connectivity index (χ0n) is 11.5. The molecule has 0 spiro atoms. The van der Waals surface area contributed by atoms with Gasteiger partial charge in [0, 0.05) is 30.9 Å². The molecule has 0 saturated carbocycles. The smallest absolute Gasteiger partial charge is 0.228 e. The van der Waals surface area contributed by atoms with Crippen molar-refractivity contribution in [3.05, 3.63) is 34.8 Å². The van der Waals surface area contributed by atoms with Gasteiger partial charge in [-0.2, -0.15) is 0 Å². The Morgan fingerprint density at radius 3 is 3.15 bits per heavy atom. The average Bonchev–Trinajstić information content (AvgIpc) is 3.11. The van der Waals surface area contributed by atoms with Crippen LogP contribution in [0.1, 0.15) is 29.6 Å². The summed E-state index contributed by atoms with van der Waals surface area (Å²) in [6.07, 6.45) is 8.17. The molecule has 1 aliphatic rings. The van der Waals surface area contributed by atoms with Gasteiger partial charge in [0.1, 0.15) is 0 Å². The molecule has 2 aromatic rings. The minimum atomic E-state index is 0.181.